The Labute approximate surface area is 150 Å². The van der Waals surface area contributed by atoms with Gasteiger partial charge in [0.05, 0.1) is 0 Å². The normalized spacial score (nSPS) is 31.1. The van der Waals surface area contributed by atoms with Gasteiger partial charge in [-0.25, -0.2) is 4.79 Å². The van der Waals surface area contributed by atoms with Crippen molar-refractivity contribution in [2.75, 3.05) is 13.6 Å². The molecule has 3 fully saturated rings. The first-order chi connectivity index (χ1) is 12.0. The quantitative estimate of drug-likeness (QED) is 0.629. The van der Waals surface area contributed by atoms with E-state index in [2.05, 4.69) is 5.32 Å². The fourth-order valence-corrected chi connectivity index (χ4v) is 4.73. The monoisotopic (exact) mass is 349 g/mol. The maximum atomic E-state index is 13.0. The topological polar surface area (TPSA) is 69.7 Å². The van der Waals surface area contributed by atoms with Crippen LogP contribution in [0.3, 0.4) is 0 Å². The third-order valence-corrected chi connectivity index (χ3v) is 6.56. The molecule has 1 heterocycles. The summed E-state index contributed by atoms with van der Waals surface area (Å²) in [6, 6.07) is -0.167. The number of hydrogen-bond acceptors (Lipinski definition) is 3. The summed E-state index contributed by atoms with van der Waals surface area (Å²) >= 11 is 0. The van der Waals surface area contributed by atoms with Crippen molar-refractivity contribution in [3.63, 3.8) is 0 Å². The molecule has 0 radical (unpaired) electrons. The van der Waals surface area contributed by atoms with Crippen LogP contribution in [-0.2, 0) is 9.59 Å². The molecule has 3 aliphatic rings. The summed E-state index contributed by atoms with van der Waals surface area (Å²) in [4.78, 5) is 41.0. The van der Waals surface area contributed by atoms with Gasteiger partial charge in [-0.2, -0.15) is 0 Å². The molecule has 6 heteroatoms. The van der Waals surface area contributed by atoms with Crippen LogP contribution in [-0.4, -0.2) is 52.8 Å². The summed E-state index contributed by atoms with van der Waals surface area (Å²) in [5.74, 6) is -0.208. The van der Waals surface area contributed by atoms with Crippen molar-refractivity contribution < 1.29 is 14.4 Å². The Kier molecular flexibility index (Phi) is 5.35. The van der Waals surface area contributed by atoms with Gasteiger partial charge in [0.25, 0.3) is 5.91 Å². The summed E-state index contributed by atoms with van der Waals surface area (Å²) in [6.45, 7) is 1.90. The van der Waals surface area contributed by atoms with E-state index < -0.39 is 11.6 Å². The summed E-state index contributed by atoms with van der Waals surface area (Å²) in [7, 11) is 1.82. The number of amides is 4. The molecule has 2 aliphatic carbocycles. The number of urea groups is 1. The first kappa shape index (κ1) is 18.2. The van der Waals surface area contributed by atoms with E-state index in [4.69, 9.17) is 0 Å². The molecule has 1 saturated heterocycles. The van der Waals surface area contributed by atoms with E-state index in [0.717, 1.165) is 49.8 Å². The van der Waals surface area contributed by atoms with Crippen LogP contribution in [0.1, 0.15) is 71.1 Å². The molecule has 0 bridgehead atoms. The van der Waals surface area contributed by atoms with Crippen molar-refractivity contribution in [1.82, 2.24) is 15.1 Å². The maximum Gasteiger partial charge on any atom is 0.325 e. The molecule has 2 atom stereocenters. The Hall–Kier alpha value is -1.59. The minimum atomic E-state index is -0.781. The Morgan fingerprint density at radius 2 is 1.76 bits per heavy atom. The number of nitrogens with zero attached hydrogens (tertiary/aromatic N) is 2. The highest BCUT2D eigenvalue weighted by Gasteiger charge is 2.55. The number of hydrogen-bond donors (Lipinski definition) is 1. The fourth-order valence-electron chi connectivity index (χ4n) is 4.73. The van der Waals surface area contributed by atoms with Gasteiger partial charge in [-0.1, -0.05) is 45.4 Å². The molecule has 3 rings (SSSR count). The van der Waals surface area contributed by atoms with Gasteiger partial charge in [0.1, 0.15) is 12.1 Å². The molecular weight excluding hydrogens is 318 g/mol. The number of rotatable bonds is 3. The second-order valence-corrected chi connectivity index (χ2v) is 8.09. The van der Waals surface area contributed by atoms with Gasteiger partial charge in [0, 0.05) is 13.1 Å². The Balaban J connectivity index is 1.66. The minimum absolute atomic E-state index is 0.123. The molecule has 1 N–H and O–H groups in total. The van der Waals surface area contributed by atoms with Gasteiger partial charge >= 0.3 is 6.03 Å². The van der Waals surface area contributed by atoms with E-state index in [1.165, 1.54) is 12.8 Å². The lowest BCUT2D eigenvalue weighted by Crippen LogP contribution is -2.54. The van der Waals surface area contributed by atoms with Crippen molar-refractivity contribution >= 4 is 17.8 Å². The Morgan fingerprint density at radius 1 is 1.12 bits per heavy atom. The molecule has 0 aromatic heterocycles. The number of carbonyl (C=O) groups is 3. The summed E-state index contributed by atoms with van der Waals surface area (Å²) < 4.78 is 0. The highest BCUT2D eigenvalue weighted by molar-refractivity contribution is 6.09. The minimum Gasteiger partial charge on any atom is -0.341 e. The first-order valence-corrected chi connectivity index (χ1v) is 9.85. The van der Waals surface area contributed by atoms with Crippen molar-refractivity contribution in [2.45, 2.75) is 82.7 Å². The fraction of sp³-hybridized carbons (Fsp3) is 0.842. The van der Waals surface area contributed by atoms with Crippen LogP contribution < -0.4 is 5.32 Å². The third-order valence-electron chi connectivity index (χ3n) is 6.56. The molecule has 0 aromatic carbocycles. The van der Waals surface area contributed by atoms with Gasteiger partial charge in [-0.3, -0.25) is 14.5 Å². The molecule has 2 unspecified atom stereocenters. The van der Waals surface area contributed by atoms with Crippen LogP contribution >= 0.6 is 0 Å². The molecule has 0 aromatic rings. The SMILES string of the molecule is CC1CCCCC12NC(=O)N(CC(=O)N(C)C1CCCCCC1)C2=O. The average molecular weight is 349 g/mol. The summed E-state index contributed by atoms with van der Waals surface area (Å²) in [5, 5.41) is 2.92. The van der Waals surface area contributed by atoms with Crippen LogP contribution in [0.2, 0.25) is 0 Å². The highest BCUT2D eigenvalue weighted by atomic mass is 16.2. The van der Waals surface area contributed by atoms with Gasteiger partial charge in [-0.05, 0) is 31.6 Å². The van der Waals surface area contributed by atoms with Gasteiger partial charge in [0.15, 0.2) is 0 Å². The van der Waals surface area contributed by atoms with Crippen LogP contribution in [0.15, 0.2) is 0 Å². The Bertz CT molecular complexity index is 542. The van der Waals surface area contributed by atoms with Crippen molar-refractivity contribution in [3.8, 4) is 0 Å². The molecule has 140 valence electrons. The van der Waals surface area contributed by atoms with Crippen molar-refractivity contribution in [1.29, 1.82) is 0 Å². The predicted octanol–water partition coefficient (Wildman–Crippen LogP) is 2.67. The number of likely N-dealkylation sites (N-methyl/N-ethyl adjacent to an activating group) is 1. The van der Waals surface area contributed by atoms with Crippen LogP contribution in [0.5, 0.6) is 0 Å². The van der Waals surface area contributed by atoms with E-state index in [9.17, 15) is 14.4 Å². The molecule has 2 saturated carbocycles. The van der Waals surface area contributed by atoms with Gasteiger partial charge < -0.3 is 10.2 Å². The number of nitrogens with one attached hydrogen (secondary N) is 1. The zero-order chi connectivity index (χ0) is 18.0. The van der Waals surface area contributed by atoms with E-state index in [-0.39, 0.29) is 30.3 Å². The van der Waals surface area contributed by atoms with Gasteiger partial charge in [-0.15, -0.1) is 0 Å². The average Bonchev–Trinajstić information content (AvgIpc) is 2.81. The maximum absolute atomic E-state index is 13.0. The first-order valence-electron chi connectivity index (χ1n) is 9.85. The smallest absolute Gasteiger partial charge is 0.325 e. The second-order valence-electron chi connectivity index (χ2n) is 8.09. The van der Waals surface area contributed by atoms with E-state index in [0.29, 0.717) is 6.42 Å². The lowest BCUT2D eigenvalue weighted by molar-refractivity contribution is -0.141. The molecule has 25 heavy (non-hydrogen) atoms. The third kappa shape index (κ3) is 3.40. The van der Waals surface area contributed by atoms with E-state index in [1.807, 2.05) is 14.0 Å². The van der Waals surface area contributed by atoms with Crippen LogP contribution in [0.25, 0.3) is 0 Å². The predicted molar refractivity (Wildman–Crippen MR) is 94.9 cm³/mol. The van der Waals surface area contributed by atoms with Crippen LogP contribution in [0.4, 0.5) is 4.79 Å². The number of carbonyl (C=O) groups excluding carboxylic acids is 3. The highest BCUT2D eigenvalue weighted by Crippen LogP contribution is 2.38. The molecule has 6 nitrogen and oxygen atoms in total. The van der Waals surface area contributed by atoms with E-state index in [1.54, 1.807) is 4.90 Å². The Morgan fingerprint density at radius 3 is 2.40 bits per heavy atom. The standard InChI is InChI=1S/C19H31N3O3/c1-14-9-7-8-12-19(14)17(24)22(18(25)20-19)13-16(23)21(2)15-10-5-3-4-6-11-15/h14-15H,3-13H2,1-2H3,(H,20,25). The van der Waals surface area contributed by atoms with Crippen molar-refractivity contribution in [2.24, 2.45) is 5.92 Å². The largest absolute Gasteiger partial charge is 0.341 e. The van der Waals surface area contributed by atoms with Crippen LogP contribution in [0, 0.1) is 5.92 Å². The molecule has 1 aliphatic heterocycles. The second kappa shape index (κ2) is 7.34. The summed E-state index contributed by atoms with van der Waals surface area (Å²) in [6.07, 6.45) is 10.4. The zero-order valence-electron chi connectivity index (χ0n) is 15.6. The van der Waals surface area contributed by atoms with Gasteiger partial charge in [0.2, 0.25) is 5.91 Å². The molecule has 4 amide bonds. The van der Waals surface area contributed by atoms with E-state index >= 15 is 0 Å². The molecular formula is C19H31N3O3. The summed E-state index contributed by atoms with van der Waals surface area (Å²) in [5.41, 5.74) is -0.781. The number of imide groups is 1. The zero-order valence-corrected chi connectivity index (χ0v) is 15.6. The van der Waals surface area contributed by atoms with Crippen molar-refractivity contribution in [3.05, 3.63) is 0 Å². The lowest BCUT2D eigenvalue weighted by atomic mass is 9.73. The molecule has 1 spiro atoms. The lowest BCUT2D eigenvalue weighted by Gasteiger charge is -2.37.